The first-order valence-electron chi connectivity index (χ1n) is 40.8. The molecule has 18 heterocycles. The van der Waals surface area contributed by atoms with E-state index in [2.05, 4.69) is 182 Å². The van der Waals surface area contributed by atoms with Gasteiger partial charge in [0, 0.05) is 59.3 Å². The van der Waals surface area contributed by atoms with Gasteiger partial charge in [0.15, 0.2) is 37.2 Å². The molecule has 33 heteroatoms. The third kappa shape index (κ3) is 10.6. The Balaban J connectivity index is 0.000000115. The first-order chi connectivity index (χ1) is 59.0. The average molecular weight is 1680 g/mol. The summed E-state index contributed by atoms with van der Waals surface area (Å²) in [5.74, 6) is -3.54. The van der Waals surface area contributed by atoms with Crippen LogP contribution in [0.5, 0.6) is 0 Å². The van der Waals surface area contributed by atoms with Gasteiger partial charge in [-0.15, -0.1) is 30.6 Å². The van der Waals surface area contributed by atoms with Crippen molar-refractivity contribution in [1.82, 2.24) is 88.6 Å². The normalized spacial score (nSPS) is 17.1. The Bertz CT molecular complexity index is 7380. The Hall–Kier alpha value is -14.0. The van der Waals surface area contributed by atoms with Crippen LogP contribution in [0.1, 0.15) is 163 Å². The van der Waals surface area contributed by atoms with Crippen LogP contribution in [0.25, 0.3) is 124 Å². The Morgan fingerprint density at radius 1 is 0.315 bits per heavy atom. The molecular weight excluding hydrogens is 1600 g/mol. The Morgan fingerprint density at radius 3 is 1.18 bits per heavy atom. The monoisotopic (exact) mass is 1680 g/mol. The summed E-state index contributed by atoms with van der Waals surface area (Å²) in [6.07, 6.45) is -2.88. The quantitative estimate of drug-likeness (QED) is 0.113. The molecule has 124 heavy (non-hydrogen) atoms. The highest BCUT2D eigenvalue weighted by atomic mass is 19.4. The molecule has 0 amide bonds. The number of alkyl halides is 9. The zero-order chi connectivity index (χ0) is 86.6. The fraction of sp³-hybridized carbons (Fsp3) is 0.275. The molecule has 6 aliphatic rings. The van der Waals surface area contributed by atoms with Gasteiger partial charge >= 0.3 is 36.3 Å². The summed E-state index contributed by atoms with van der Waals surface area (Å²) in [6.45, 7) is 29.1. The number of rotatable bonds is 6. The summed E-state index contributed by atoms with van der Waals surface area (Å²) in [5.41, 5.74) is 13.9. The van der Waals surface area contributed by atoms with E-state index in [4.69, 9.17) is 15.2 Å². The van der Waals surface area contributed by atoms with Crippen molar-refractivity contribution in [3.05, 3.63) is 264 Å². The van der Waals surface area contributed by atoms with Gasteiger partial charge in [0.1, 0.15) is 17.5 Å². The number of benzene rings is 5. The van der Waals surface area contributed by atoms with E-state index in [1.165, 1.54) is 41.9 Å². The third-order valence-electron chi connectivity index (χ3n) is 24.3. The fourth-order valence-electron chi connectivity index (χ4n) is 19.0. The molecule has 6 aliphatic heterocycles. The zero-order valence-corrected chi connectivity index (χ0v) is 69.5. The van der Waals surface area contributed by atoms with E-state index in [0.717, 1.165) is 54.6 Å². The maximum atomic E-state index is 14.2. The second-order valence-electron chi connectivity index (χ2n) is 34.4. The third-order valence-corrected chi connectivity index (χ3v) is 24.3. The summed E-state index contributed by atoms with van der Waals surface area (Å²) in [7, 11) is 0. The minimum absolute atomic E-state index is 0.0849. The molecule has 3 unspecified atom stereocenters. The molecule has 17 aromatic rings. The fourth-order valence-corrected chi connectivity index (χ4v) is 19.0. The molecule has 12 aromatic heterocycles. The van der Waals surface area contributed by atoms with E-state index in [9.17, 15) is 39.5 Å². The zero-order valence-electron chi connectivity index (χ0n) is 69.5. The van der Waals surface area contributed by atoms with Crippen molar-refractivity contribution in [2.75, 3.05) is 0 Å². The predicted molar refractivity (Wildman–Crippen MR) is 434 cm³/mol. The van der Waals surface area contributed by atoms with Crippen LogP contribution < -0.4 is 27.4 Å². The first kappa shape index (κ1) is 77.3. The van der Waals surface area contributed by atoms with Crippen LogP contribution in [-0.2, 0) is 41.7 Å². The molecule has 24 nitrogen and oxygen atoms in total. The van der Waals surface area contributed by atoms with Gasteiger partial charge in [-0.25, -0.2) is 15.0 Å². The molecule has 0 saturated heterocycles. The smallest absolute Gasteiger partial charge is 0.206 e. The topological polar surface area (TPSA) is 208 Å². The molecule has 0 bridgehead atoms. The van der Waals surface area contributed by atoms with E-state index >= 15 is 0 Å². The van der Waals surface area contributed by atoms with E-state index in [1.54, 1.807) is 41.0 Å². The lowest BCUT2D eigenvalue weighted by atomic mass is 9.84. The molecular formula is C91H79F9N24+6. The maximum absolute atomic E-state index is 14.2. The lowest BCUT2D eigenvalue weighted by Gasteiger charge is -2.21. The van der Waals surface area contributed by atoms with Crippen molar-refractivity contribution < 1.29 is 66.9 Å². The van der Waals surface area contributed by atoms with Crippen LogP contribution in [-0.4, -0.2) is 88.6 Å². The molecule has 0 saturated carbocycles. The molecule has 0 N–H and O–H groups in total. The summed E-state index contributed by atoms with van der Waals surface area (Å²) < 4.78 is 147. The van der Waals surface area contributed by atoms with Crippen molar-refractivity contribution in [3.8, 4) is 91.4 Å². The Labute approximate surface area is 701 Å². The molecule has 620 valence electrons. The minimum Gasteiger partial charge on any atom is -0.206 e. The van der Waals surface area contributed by atoms with Crippen molar-refractivity contribution in [3.63, 3.8) is 0 Å². The second kappa shape index (κ2) is 26.3. The molecule has 0 aliphatic carbocycles. The molecule has 23 rings (SSSR count). The number of fused-ring (bicyclic) bond motifs is 35. The van der Waals surface area contributed by atoms with Gasteiger partial charge in [-0.05, 0) is 148 Å². The standard InChI is InChI=1S/2C33H29F3N8.C25H21F3N8/c1-18(2)21-13-10-14-22(19(3)4)27(21)25-17-42-28(24-12-7-6-11-23(24)25)30-38-31(32(34,35)36)40-44(30)33(42)41-16-9-8-15-26(41)29-37-20(5)39-43(29)33;1-18(2)23-9-8-10-24(19(3)4)27(23)22-12-13-25-21(17-22)14-16-42-28(25)30-38-31(32(34,35)36)40-44(30)33(42)41-15-7-6-11-26(41)29-37-20(5)39-43(29)33;1-14-29-20-18-7-5-6-10-33(18)25(35(20)31-14)34-13-15-8-9-17(23(2,3)4)11-16(15)12-19(34)21-30-22(24(26,27)28)32-36(21)25/h2*6-19H,1-5H3;5-13H,1-4H3/q3*+2. The molecule has 3 atom stereocenters. The number of pyridine rings is 6. The maximum Gasteiger partial charge on any atom is 0.586 e. The highest BCUT2D eigenvalue weighted by Crippen LogP contribution is 2.49. The number of nitrogens with zero attached hydrogens (tertiary/aromatic N) is 24. The van der Waals surface area contributed by atoms with E-state index < -0.39 is 53.7 Å². The number of aryl methyl sites for hydroxylation is 3. The minimum atomic E-state index is -4.74. The highest BCUT2D eigenvalue weighted by molar-refractivity contribution is 6.03. The summed E-state index contributed by atoms with van der Waals surface area (Å²) in [4.78, 5) is 26.2. The van der Waals surface area contributed by atoms with E-state index in [1.807, 2.05) is 162 Å². The van der Waals surface area contributed by atoms with E-state index in [0.29, 0.717) is 80.9 Å². The highest BCUT2D eigenvalue weighted by Gasteiger charge is 2.75. The second-order valence-corrected chi connectivity index (χ2v) is 34.4. The van der Waals surface area contributed by atoms with Crippen molar-refractivity contribution in [2.24, 2.45) is 0 Å². The summed E-state index contributed by atoms with van der Waals surface area (Å²) >= 11 is 0. The largest absolute Gasteiger partial charge is 0.586 e. The lowest BCUT2D eigenvalue weighted by Crippen LogP contribution is -2.77. The van der Waals surface area contributed by atoms with Gasteiger partial charge in [0.2, 0.25) is 34.9 Å². The summed E-state index contributed by atoms with van der Waals surface area (Å²) in [5, 5.41) is 31.5. The van der Waals surface area contributed by atoms with E-state index in [-0.39, 0.29) is 34.7 Å². The van der Waals surface area contributed by atoms with Gasteiger partial charge in [-0.2, -0.15) is 54.5 Å². The predicted octanol–water partition coefficient (Wildman–Crippen LogP) is 15.4. The molecule has 0 fully saturated rings. The van der Waals surface area contributed by atoms with Crippen LogP contribution in [0.3, 0.4) is 0 Å². The Kier molecular flexibility index (Phi) is 16.4. The number of aromatic nitrogens is 24. The van der Waals surface area contributed by atoms with Gasteiger partial charge in [0.25, 0.3) is 51.6 Å². The number of halogens is 9. The molecule has 3 spiro atoms. The van der Waals surface area contributed by atoms with Crippen molar-refractivity contribution >= 4 is 32.3 Å². The van der Waals surface area contributed by atoms with Gasteiger partial charge in [-0.3, -0.25) is 0 Å². The Morgan fingerprint density at radius 2 is 0.718 bits per heavy atom. The molecule has 0 radical (unpaired) electrons. The first-order valence-corrected chi connectivity index (χ1v) is 40.8. The SMILES string of the molecule is Cc1nc2n(n1)C1(n3nc(C(F)(F)F)nc3-c3c4ccc(-c5c(C(C)C)cccc5C(C)C)cc4cc[n+]31)[n+]1ccccc1-2.Cc1nc2n(n1)C1(n3nc(C(F)(F)F)nc3-c3c4ccccc4c(-c4c(C(C)C)cccc4C(C)C)c[n+]31)[n+]1ccccc1-2.Cc1nc2n(n1)C1(n3nc(C(F)(F)F)nc3-c3cc4cc(C(C)(C)C)ccc4c[n+]31)[n+]1ccccc1-2. The van der Waals surface area contributed by atoms with Crippen molar-refractivity contribution in [2.45, 2.75) is 162 Å². The van der Waals surface area contributed by atoms with Gasteiger partial charge < -0.3 is 0 Å². The van der Waals surface area contributed by atoms with Gasteiger partial charge in [-0.1, -0.05) is 204 Å². The van der Waals surface area contributed by atoms with Crippen molar-refractivity contribution in [1.29, 1.82) is 0 Å². The summed E-state index contributed by atoms with van der Waals surface area (Å²) in [6, 6.07) is 53.7. The lowest BCUT2D eigenvalue weighted by molar-refractivity contribution is -0.990. The van der Waals surface area contributed by atoms with Gasteiger partial charge in [0.05, 0.1) is 16.3 Å². The number of hydrogen-bond acceptors (Lipinski definition) is 12. The average Bonchev–Trinajstić information content (AvgIpc) is 1.51. The van der Waals surface area contributed by atoms with Crippen LogP contribution >= 0.6 is 0 Å². The van der Waals surface area contributed by atoms with Crippen LogP contribution in [0.4, 0.5) is 39.5 Å². The van der Waals surface area contributed by atoms with Crippen LogP contribution in [0.15, 0.2) is 201 Å². The van der Waals surface area contributed by atoms with Crippen LogP contribution in [0, 0.1) is 20.8 Å². The number of hydrogen-bond donors (Lipinski definition) is 0. The molecule has 5 aromatic carbocycles. The van der Waals surface area contributed by atoms with Crippen LogP contribution in [0.2, 0.25) is 0 Å².